The molecule has 1 aromatic carbocycles. The highest BCUT2D eigenvalue weighted by molar-refractivity contribution is 5.76. The molecule has 18 heavy (non-hydrogen) atoms. The molecule has 96 valence electrons. The van der Waals surface area contributed by atoms with Crippen molar-refractivity contribution in [3.8, 4) is 5.75 Å². The molecule has 0 unspecified atom stereocenters. The second kappa shape index (κ2) is 4.80. The Kier molecular flexibility index (Phi) is 3.36. The number of esters is 1. The lowest BCUT2D eigenvalue weighted by molar-refractivity contribution is -0.137. The third-order valence-electron chi connectivity index (χ3n) is 3.36. The Morgan fingerprint density at radius 2 is 2.11 bits per heavy atom. The van der Waals surface area contributed by atoms with Gasteiger partial charge < -0.3 is 9.84 Å². The molecule has 0 aliphatic carbocycles. The Morgan fingerprint density at radius 3 is 2.78 bits per heavy atom. The van der Waals surface area contributed by atoms with Crippen molar-refractivity contribution < 1.29 is 19.4 Å². The van der Waals surface area contributed by atoms with Crippen LogP contribution >= 0.6 is 0 Å². The Bertz CT molecular complexity index is 517. The van der Waals surface area contributed by atoms with Crippen molar-refractivity contribution >= 4 is 11.9 Å². The topological polar surface area (TPSA) is 63.6 Å². The van der Waals surface area contributed by atoms with Gasteiger partial charge in [-0.05, 0) is 48.9 Å². The van der Waals surface area contributed by atoms with Crippen LogP contribution in [0.3, 0.4) is 0 Å². The van der Waals surface area contributed by atoms with Gasteiger partial charge in [-0.2, -0.15) is 0 Å². The zero-order valence-electron chi connectivity index (χ0n) is 10.6. The molecule has 1 aromatic rings. The number of fused-ring (bicyclic) bond motifs is 1. The number of benzene rings is 1. The van der Waals surface area contributed by atoms with Crippen molar-refractivity contribution in [1.29, 1.82) is 0 Å². The summed E-state index contributed by atoms with van der Waals surface area (Å²) in [6, 6.07) is 1.93. The third-order valence-corrected chi connectivity index (χ3v) is 3.36. The number of hydrogen-bond donors (Lipinski definition) is 1. The summed E-state index contributed by atoms with van der Waals surface area (Å²) in [5.74, 6) is -0.317. The Hall–Kier alpha value is -1.84. The number of rotatable bonds is 3. The van der Waals surface area contributed by atoms with Gasteiger partial charge in [0.2, 0.25) is 0 Å². The standard InChI is InChI=1S/C14H16O4/c1-8-7-10(3-5-12(15)16)9(2)11-4-6-13(17)18-14(8)11/h7H,3-6H2,1-2H3,(H,15,16). The van der Waals surface area contributed by atoms with Gasteiger partial charge in [0, 0.05) is 6.42 Å². The maximum absolute atomic E-state index is 11.3. The van der Waals surface area contributed by atoms with Crippen molar-refractivity contribution in [2.75, 3.05) is 0 Å². The fourth-order valence-corrected chi connectivity index (χ4v) is 2.37. The predicted molar refractivity (Wildman–Crippen MR) is 65.8 cm³/mol. The molecule has 0 atom stereocenters. The van der Waals surface area contributed by atoms with Gasteiger partial charge >= 0.3 is 11.9 Å². The number of carboxylic acid groups (broad SMARTS) is 1. The Labute approximate surface area is 106 Å². The monoisotopic (exact) mass is 248 g/mol. The fourth-order valence-electron chi connectivity index (χ4n) is 2.37. The number of aliphatic carboxylic acids is 1. The van der Waals surface area contributed by atoms with E-state index in [0.717, 1.165) is 22.3 Å². The molecular formula is C14H16O4. The Balaban J connectivity index is 2.37. The molecule has 0 bridgehead atoms. The van der Waals surface area contributed by atoms with Crippen molar-refractivity contribution in [2.24, 2.45) is 0 Å². The maximum atomic E-state index is 11.3. The molecule has 0 aromatic heterocycles. The molecule has 1 heterocycles. The minimum atomic E-state index is -0.795. The van der Waals surface area contributed by atoms with E-state index in [4.69, 9.17) is 9.84 Å². The summed E-state index contributed by atoms with van der Waals surface area (Å²) in [5, 5.41) is 8.74. The minimum Gasteiger partial charge on any atom is -0.481 e. The number of carbonyl (C=O) groups is 2. The molecular weight excluding hydrogens is 232 g/mol. The fraction of sp³-hybridized carbons (Fsp3) is 0.429. The summed E-state index contributed by atoms with van der Waals surface area (Å²) in [5.41, 5.74) is 4.05. The SMILES string of the molecule is Cc1cc(CCC(=O)O)c(C)c2c1OC(=O)CC2. The zero-order chi connectivity index (χ0) is 13.3. The van der Waals surface area contributed by atoms with Gasteiger partial charge in [-0.3, -0.25) is 9.59 Å². The summed E-state index contributed by atoms with van der Waals surface area (Å²) in [6.07, 6.45) is 1.72. The summed E-state index contributed by atoms with van der Waals surface area (Å²) in [6.45, 7) is 3.86. The molecule has 2 rings (SSSR count). The zero-order valence-corrected chi connectivity index (χ0v) is 10.6. The van der Waals surface area contributed by atoms with Gasteiger partial charge in [-0.15, -0.1) is 0 Å². The van der Waals surface area contributed by atoms with E-state index in [2.05, 4.69) is 0 Å². The van der Waals surface area contributed by atoms with Gasteiger partial charge in [0.15, 0.2) is 0 Å². The molecule has 1 aliphatic heterocycles. The molecule has 0 spiro atoms. The normalized spacial score (nSPS) is 14.0. The number of carbonyl (C=O) groups excluding carboxylic acids is 1. The van der Waals surface area contributed by atoms with Crippen LogP contribution in [0.5, 0.6) is 5.75 Å². The molecule has 1 N–H and O–H groups in total. The quantitative estimate of drug-likeness (QED) is 0.657. The van der Waals surface area contributed by atoms with Crippen LogP contribution in [0.4, 0.5) is 0 Å². The largest absolute Gasteiger partial charge is 0.481 e. The molecule has 4 nitrogen and oxygen atoms in total. The van der Waals surface area contributed by atoms with Crippen molar-refractivity contribution in [3.05, 3.63) is 28.3 Å². The lowest BCUT2D eigenvalue weighted by atomic mass is 9.91. The van der Waals surface area contributed by atoms with Crippen LogP contribution in [0.2, 0.25) is 0 Å². The molecule has 1 aliphatic rings. The first-order valence-electron chi connectivity index (χ1n) is 6.03. The van der Waals surface area contributed by atoms with Crippen molar-refractivity contribution in [2.45, 2.75) is 39.5 Å². The maximum Gasteiger partial charge on any atom is 0.311 e. The van der Waals surface area contributed by atoms with E-state index in [9.17, 15) is 9.59 Å². The van der Waals surface area contributed by atoms with Crippen LogP contribution in [0, 0.1) is 13.8 Å². The van der Waals surface area contributed by atoms with Gasteiger partial charge in [0.25, 0.3) is 0 Å². The predicted octanol–water partition coefficient (Wildman–Crippen LogP) is 2.17. The second-order valence-electron chi connectivity index (χ2n) is 4.65. The highest BCUT2D eigenvalue weighted by atomic mass is 16.5. The molecule has 0 radical (unpaired) electrons. The lowest BCUT2D eigenvalue weighted by Crippen LogP contribution is -2.18. The van der Waals surface area contributed by atoms with Crippen LogP contribution in [0.1, 0.15) is 35.1 Å². The van der Waals surface area contributed by atoms with Crippen molar-refractivity contribution in [3.63, 3.8) is 0 Å². The van der Waals surface area contributed by atoms with E-state index in [1.54, 1.807) is 0 Å². The first-order chi connectivity index (χ1) is 8.49. The average molecular weight is 248 g/mol. The molecule has 0 saturated carbocycles. The Morgan fingerprint density at radius 1 is 1.39 bits per heavy atom. The van der Waals surface area contributed by atoms with Crippen LogP contribution in [-0.2, 0) is 22.4 Å². The third kappa shape index (κ3) is 2.37. The summed E-state index contributed by atoms with van der Waals surface area (Å²) in [4.78, 5) is 21.9. The van der Waals surface area contributed by atoms with Crippen LogP contribution in [-0.4, -0.2) is 17.0 Å². The number of hydrogen-bond acceptors (Lipinski definition) is 3. The smallest absolute Gasteiger partial charge is 0.311 e. The molecule has 0 saturated heterocycles. The highest BCUT2D eigenvalue weighted by Crippen LogP contribution is 2.34. The van der Waals surface area contributed by atoms with Crippen LogP contribution in [0.15, 0.2) is 6.07 Å². The van der Waals surface area contributed by atoms with E-state index in [1.165, 1.54) is 0 Å². The number of ether oxygens (including phenoxy) is 1. The van der Waals surface area contributed by atoms with Gasteiger partial charge in [-0.1, -0.05) is 6.07 Å². The van der Waals surface area contributed by atoms with E-state index >= 15 is 0 Å². The molecule has 4 heteroatoms. The van der Waals surface area contributed by atoms with Crippen molar-refractivity contribution in [1.82, 2.24) is 0 Å². The number of carboxylic acids is 1. The first kappa shape index (κ1) is 12.6. The lowest BCUT2D eigenvalue weighted by Gasteiger charge is -2.22. The van der Waals surface area contributed by atoms with Gasteiger partial charge in [-0.25, -0.2) is 0 Å². The molecule has 0 fully saturated rings. The van der Waals surface area contributed by atoms with E-state index in [0.29, 0.717) is 25.0 Å². The van der Waals surface area contributed by atoms with Crippen LogP contribution < -0.4 is 4.74 Å². The second-order valence-corrected chi connectivity index (χ2v) is 4.65. The summed E-state index contributed by atoms with van der Waals surface area (Å²) < 4.78 is 5.27. The first-order valence-corrected chi connectivity index (χ1v) is 6.03. The van der Waals surface area contributed by atoms with Gasteiger partial charge in [0.05, 0.1) is 6.42 Å². The van der Waals surface area contributed by atoms with E-state index in [1.807, 2.05) is 19.9 Å². The number of aryl methyl sites for hydroxylation is 2. The van der Waals surface area contributed by atoms with E-state index in [-0.39, 0.29) is 12.4 Å². The van der Waals surface area contributed by atoms with Gasteiger partial charge in [0.1, 0.15) is 5.75 Å². The average Bonchev–Trinajstić information content (AvgIpc) is 2.31. The summed E-state index contributed by atoms with van der Waals surface area (Å²) in [7, 11) is 0. The minimum absolute atomic E-state index is 0.124. The highest BCUT2D eigenvalue weighted by Gasteiger charge is 2.22. The van der Waals surface area contributed by atoms with E-state index < -0.39 is 5.97 Å². The molecule has 0 amide bonds. The summed E-state index contributed by atoms with van der Waals surface area (Å²) >= 11 is 0. The van der Waals surface area contributed by atoms with Crippen LogP contribution in [0.25, 0.3) is 0 Å².